The Bertz CT molecular complexity index is 1360. The Morgan fingerprint density at radius 2 is 1.82 bits per heavy atom. The Kier molecular flexibility index (Phi) is 5.93. The van der Waals surface area contributed by atoms with E-state index < -0.39 is 11.6 Å². The molecule has 4 aromatic rings. The monoisotopic (exact) mass is 464 g/mol. The number of carbonyl (C=O) groups excluding carboxylic acids is 1. The number of aromatic nitrogens is 5. The van der Waals surface area contributed by atoms with Crippen molar-refractivity contribution in [1.82, 2.24) is 30.5 Å². The highest BCUT2D eigenvalue weighted by atomic mass is 19.2. The van der Waals surface area contributed by atoms with Gasteiger partial charge in [-0.1, -0.05) is 18.2 Å². The van der Waals surface area contributed by atoms with E-state index in [1.807, 2.05) is 26.8 Å². The van der Waals surface area contributed by atoms with Crippen LogP contribution < -0.4 is 16.4 Å². The highest BCUT2D eigenvalue weighted by molar-refractivity contribution is 5.90. The van der Waals surface area contributed by atoms with Crippen molar-refractivity contribution < 1.29 is 13.6 Å². The Labute approximate surface area is 194 Å². The molecule has 4 rings (SSSR count). The molecule has 0 atom stereocenters. The van der Waals surface area contributed by atoms with Gasteiger partial charge in [0.2, 0.25) is 0 Å². The highest BCUT2D eigenvalue weighted by Crippen LogP contribution is 2.31. The largest absolute Gasteiger partial charge is 0.383 e. The molecular formula is C23H22F2N8O. The molecule has 0 spiro atoms. The van der Waals surface area contributed by atoms with Crippen molar-refractivity contribution in [3.8, 4) is 28.2 Å². The maximum atomic E-state index is 14.4. The predicted octanol–water partition coefficient (Wildman–Crippen LogP) is 4.17. The van der Waals surface area contributed by atoms with Crippen LogP contribution in [0.1, 0.15) is 20.8 Å². The van der Waals surface area contributed by atoms with Gasteiger partial charge in [0.25, 0.3) is 0 Å². The molecule has 0 unspecified atom stereocenters. The molecule has 11 heteroatoms. The summed E-state index contributed by atoms with van der Waals surface area (Å²) in [6, 6.07) is 12.2. The summed E-state index contributed by atoms with van der Waals surface area (Å²) in [6.07, 6.45) is 1.56. The molecule has 2 aromatic carbocycles. The van der Waals surface area contributed by atoms with Crippen LogP contribution in [0.15, 0.2) is 54.7 Å². The second kappa shape index (κ2) is 8.85. The van der Waals surface area contributed by atoms with E-state index >= 15 is 0 Å². The fourth-order valence-corrected chi connectivity index (χ4v) is 3.27. The molecule has 0 bridgehead atoms. The van der Waals surface area contributed by atoms with Gasteiger partial charge in [0.1, 0.15) is 11.5 Å². The summed E-state index contributed by atoms with van der Waals surface area (Å²) in [5.74, 6) is -1.92. The Hall–Kier alpha value is -4.41. The summed E-state index contributed by atoms with van der Waals surface area (Å²) < 4.78 is 29.2. The maximum Gasteiger partial charge on any atom is 0.319 e. The number of anilines is 2. The molecule has 174 valence electrons. The van der Waals surface area contributed by atoms with Crippen molar-refractivity contribution in [2.24, 2.45) is 0 Å². The summed E-state index contributed by atoms with van der Waals surface area (Å²) >= 11 is 0. The Morgan fingerprint density at radius 3 is 2.59 bits per heavy atom. The standard InChI is InChI=1S/C23H22F2N8O/c1-23(2,3)29-22(34)28-15-7-4-6-13(10-15)14-11-16(20(26)27-12-14)21-30-31-32-33(21)18-9-5-8-17(24)19(18)25/h4-12H,1-3H3,(H2,26,27)(H2,28,29,34). The van der Waals surface area contributed by atoms with E-state index in [1.54, 1.807) is 30.5 Å². The zero-order chi connectivity index (χ0) is 24.5. The first kappa shape index (κ1) is 22.8. The van der Waals surface area contributed by atoms with E-state index in [1.165, 1.54) is 12.1 Å². The van der Waals surface area contributed by atoms with Crippen LogP contribution in [-0.4, -0.2) is 36.8 Å². The molecule has 2 amide bonds. The molecule has 0 saturated heterocycles. The van der Waals surface area contributed by atoms with E-state index in [4.69, 9.17) is 5.73 Å². The van der Waals surface area contributed by atoms with Crippen LogP contribution in [0, 0.1) is 11.6 Å². The third-order valence-corrected chi connectivity index (χ3v) is 4.73. The van der Waals surface area contributed by atoms with Crippen molar-refractivity contribution in [3.63, 3.8) is 0 Å². The number of rotatable bonds is 4. The second-order valence-corrected chi connectivity index (χ2v) is 8.55. The molecule has 0 aliphatic heterocycles. The number of nitrogen functional groups attached to an aromatic ring is 1. The molecule has 2 aromatic heterocycles. The highest BCUT2D eigenvalue weighted by Gasteiger charge is 2.20. The number of nitrogens with one attached hydrogen (secondary N) is 2. The van der Waals surface area contributed by atoms with Crippen LogP contribution in [0.4, 0.5) is 25.1 Å². The van der Waals surface area contributed by atoms with Gasteiger partial charge in [-0.3, -0.25) is 0 Å². The van der Waals surface area contributed by atoms with Crippen molar-refractivity contribution in [2.45, 2.75) is 26.3 Å². The van der Waals surface area contributed by atoms with E-state index in [0.29, 0.717) is 16.8 Å². The number of pyridine rings is 1. The number of halogens is 2. The summed E-state index contributed by atoms with van der Waals surface area (Å²) in [5, 5.41) is 17.0. The lowest BCUT2D eigenvalue weighted by molar-refractivity contribution is 0.244. The number of nitrogens with zero attached hydrogens (tertiary/aromatic N) is 5. The fourth-order valence-electron chi connectivity index (χ4n) is 3.27. The lowest BCUT2D eigenvalue weighted by Gasteiger charge is -2.20. The average molecular weight is 464 g/mol. The molecule has 34 heavy (non-hydrogen) atoms. The number of urea groups is 1. The number of hydrogen-bond acceptors (Lipinski definition) is 6. The van der Waals surface area contributed by atoms with Gasteiger partial charge in [-0.2, -0.15) is 4.68 Å². The molecule has 0 aliphatic rings. The van der Waals surface area contributed by atoms with Crippen LogP contribution in [0.25, 0.3) is 28.2 Å². The summed E-state index contributed by atoms with van der Waals surface area (Å²) in [5.41, 5.74) is 7.81. The maximum absolute atomic E-state index is 14.4. The molecule has 4 N–H and O–H groups in total. The van der Waals surface area contributed by atoms with Crippen LogP contribution in [0.3, 0.4) is 0 Å². The van der Waals surface area contributed by atoms with Crippen LogP contribution in [0.2, 0.25) is 0 Å². The zero-order valence-electron chi connectivity index (χ0n) is 18.7. The third kappa shape index (κ3) is 4.82. The quantitative estimate of drug-likeness (QED) is 0.416. The number of nitrogens with two attached hydrogens (primary N) is 1. The minimum Gasteiger partial charge on any atom is -0.383 e. The van der Waals surface area contributed by atoms with Crippen molar-refractivity contribution in [2.75, 3.05) is 11.1 Å². The van der Waals surface area contributed by atoms with Gasteiger partial charge in [0, 0.05) is 23.0 Å². The first-order valence-corrected chi connectivity index (χ1v) is 10.3. The summed E-state index contributed by atoms with van der Waals surface area (Å²) in [7, 11) is 0. The Morgan fingerprint density at radius 1 is 1.06 bits per heavy atom. The molecule has 9 nitrogen and oxygen atoms in total. The molecular weight excluding hydrogens is 442 g/mol. The van der Waals surface area contributed by atoms with Gasteiger partial charge in [0.15, 0.2) is 17.5 Å². The predicted molar refractivity (Wildman–Crippen MR) is 124 cm³/mol. The minimum absolute atomic E-state index is 0.0928. The molecule has 0 radical (unpaired) electrons. The lowest BCUT2D eigenvalue weighted by atomic mass is 10.0. The van der Waals surface area contributed by atoms with Crippen LogP contribution in [0.5, 0.6) is 0 Å². The number of benzene rings is 2. The number of tetrazole rings is 1. The van der Waals surface area contributed by atoms with Crippen LogP contribution in [-0.2, 0) is 0 Å². The zero-order valence-corrected chi connectivity index (χ0v) is 18.7. The van der Waals surface area contributed by atoms with E-state index in [9.17, 15) is 13.6 Å². The van der Waals surface area contributed by atoms with Crippen molar-refractivity contribution in [1.29, 1.82) is 0 Å². The average Bonchev–Trinajstić information content (AvgIpc) is 3.24. The van der Waals surface area contributed by atoms with Crippen molar-refractivity contribution in [3.05, 3.63) is 66.4 Å². The van der Waals surface area contributed by atoms with E-state index in [2.05, 4.69) is 31.1 Å². The molecule has 0 saturated carbocycles. The van der Waals surface area contributed by atoms with Gasteiger partial charge < -0.3 is 16.4 Å². The summed E-state index contributed by atoms with van der Waals surface area (Å²) in [4.78, 5) is 16.4. The first-order valence-electron chi connectivity index (χ1n) is 10.3. The van der Waals surface area contributed by atoms with Crippen LogP contribution >= 0.6 is 0 Å². The van der Waals surface area contributed by atoms with Gasteiger partial charge in [-0.25, -0.2) is 18.6 Å². The third-order valence-electron chi connectivity index (χ3n) is 4.73. The molecule has 0 fully saturated rings. The number of hydrogen-bond donors (Lipinski definition) is 3. The normalized spacial score (nSPS) is 11.3. The van der Waals surface area contributed by atoms with Crippen molar-refractivity contribution >= 4 is 17.5 Å². The van der Waals surface area contributed by atoms with Gasteiger partial charge in [-0.05, 0) is 67.1 Å². The van der Waals surface area contributed by atoms with E-state index in [0.717, 1.165) is 16.3 Å². The number of amides is 2. The number of carbonyl (C=O) groups is 1. The summed E-state index contributed by atoms with van der Waals surface area (Å²) in [6.45, 7) is 5.65. The smallest absolute Gasteiger partial charge is 0.319 e. The fraction of sp³-hybridized carbons (Fsp3) is 0.174. The van der Waals surface area contributed by atoms with Gasteiger partial charge >= 0.3 is 6.03 Å². The van der Waals surface area contributed by atoms with E-state index in [-0.39, 0.29) is 28.9 Å². The minimum atomic E-state index is -1.09. The molecule has 0 aliphatic carbocycles. The SMILES string of the molecule is CC(C)(C)NC(=O)Nc1cccc(-c2cnc(N)c(-c3nnnn3-c3cccc(F)c3F)c2)c1. The van der Waals surface area contributed by atoms with Gasteiger partial charge in [0.05, 0.1) is 5.56 Å². The topological polar surface area (TPSA) is 124 Å². The second-order valence-electron chi connectivity index (χ2n) is 8.55. The first-order chi connectivity index (χ1) is 16.1. The molecule has 2 heterocycles. The van der Waals surface area contributed by atoms with Gasteiger partial charge in [-0.15, -0.1) is 5.10 Å². The Balaban J connectivity index is 1.70. The lowest BCUT2D eigenvalue weighted by Crippen LogP contribution is -2.43.